The van der Waals surface area contributed by atoms with Crippen LogP contribution < -0.4 is 16.4 Å². The van der Waals surface area contributed by atoms with E-state index in [0.29, 0.717) is 11.5 Å². The summed E-state index contributed by atoms with van der Waals surface area (Å²) in [5.74, 6) is 1.06. The van der Waals surface area contributed by atoms with Crippen LogP contribution in [0, 0.1) is 5.41 Å². The molecule has 1 saturated heterocycles. The van der Waals surface area contributed by atoms with Crippen molar-refractivity contribution in [3.8, 4) is 0 Å². The molecule has 0 saturated carbocycles. The number of aliphatic hydroxyl groups is 1. The molecular weight excluding hydrogens is 254 g/mol. The topological polar surface area (TPSA) is 101 Å². The van der Waals surface area contributed by atoms with E-state index in [0.717, 1.165) is 38.2 Å². The van der Waals surface area contributed by atoms with Crippen LogP contribution in [0.5, 0.6) is 0 Å². The average molecular weight is 279 g/mol. The van der Waals surface area contributed by atoms with E-state index in [1.807, 2.05) is 0 Å². The van der Waals surface area contributed by atoms with Crippen molar-refractivity contribution in [2.24, 2.45) is 5.41 Å². The number of hydrogen-bond donors (Lipinski definition) is 3. The van der Waals surface area contributed by atoms with Crippen LogP contribution in [0.3, 0.4) is 0 Å². The van der Waals surface area contributed by atoms with Gasteiger partial charge >= 0.3 is 0 Å². The van der Waals surface area contributed by atoms with E-state index in [1.165, 1.54) is 19.2 Å². The van der Waals surface area contributed by atoms with Gasteiger partial charge in [0.15, 0.2) is 11.6 Å². The van der Waals surface area contributed by atoms with Gasteiger partial charge in [-0.3, -0.25) is 0 Å². The smallest absolute Gasteiger partial charge is 0.157 e. The Morgan fingerprint density at radius 1 is 1.30 bits per heavy atom. The normalized spacial score (nSPS) is 18.2. The van der Waals surface area contributed by atoms with Gasteiger partial charge < -0.3 is 21.5 Å². The maximum atomic E-state index is 9.73. The molecule has 1 aromatic rings. The Morgan fingerprint density at radius 2 is 2.00 bits per heavy atom. The van der Waals surface area contributed by atoms with Crippen LogP contribution in [-0.2, 0) is 0 Å². The second kappa shape index (κ2) is 6.26. The fourth-order valence-corrected chi connectivity index (χ4v) is 2.88. The van der Waals surface area contributed by atoms with Crippen molar-refractivity contribution in [1.82, 2.24) is 9.97 Å². The van der Waals surface area contributed by atoms with E-state index in [2.05, 4.69) is 21.8 Å². The first-order valence-corrected chi connectivity index (χ1v) is 7.33. The lowest BCUT2D eigenvalue weighted by Crippen LogP contribution is -2.42. The average Bonchev–Trinajstić information content (AvgIpc) is 2.49. The van der Waals surface area contributed by atoms with E-state index < -0.39 is 0 Å². The van der Waals surface area contributed by atoms with Gasteiger partial charge in [-0.15, -0.1) is 0 Å². The van der Waals surface area contributed by atoms with Gasteiger partial charge in [-0.1, -0.05) is 19.8 Å². The minimum absolute atomic E-state index is 0.0693. The summed E-state index contributed by atoms with van der Waals surface area (Å²) in [4.78, 5) is 10.3. The summed E-state index contributed by atoms with van der Waals surface area (Å²) in [5.41, 5.74) is 12.2. The van der Waals surface area contributed by atoms with E-state index in [-0.39, 0.29) is 12.0 Å². The molecule has 0 amide bonds. The van der Waals surface area contributed by atoms with Crippen molar-refractivity contribution < 1.29 is 5.11 Å². The largest absolute Gasteiger partial charge is 0.396 e. The van der Waals surface area contributed by atoms with Crippen LogP contribution in [0.1, 0.15) is 39.0 Å². The number of aromatic nitrogens is 2. The Kier molecular flexibility index (Phi) is 4.65. The highest BCUT2D eigenvalue weighted by Crippen LogP contribution is 2.38. The van der Waals surface area contributed by atoms with Gasteiger partial charge in [-0.25, -0.2) is 9.97 Å². The number of rotatable bonds is 5. The van der Waals surface area contributed by atoms with Gasteiger partial charge in [-0.2, -0.15) is 0 Å². The Bertz CT molecular complexity index is 443. The monoisotopic (exact) mass is 279 g/mol. The SMILES string of the molecule is CCCCC1(CO)CCN(c2ncnc(N)c2N)CC1. The molecule has 0 bridgehead atoms. The first-order chi connectivity index (χ1) is 9.62. The molecule has 0 aromatic carbocycles. The maximum Gasteiger partial charge on any atom is 0.157 e. The molecule has 1 aromatic heterocycles. The molecule has 1 aliphatic rings. The zero-order chi connectivity index (χ0) is 14.6. The Balaban J connectivity index is 2.05. The number of unbranched alkanes of at least 4 members (excludes halogenated alkanes) is 1. The second-order valence-corrected chi connectivity index (χ2v) is 5.74. The molecule has 1 aliphatic heterocycles. The molecule has 6 heteroatoms. The molecule has 1 fully saturated rings. The number of hydrogen-bond acceptors (Lipinski definition) is 6. The van der Waals surface area contributed by atoms with Gasteiger partial charge in [0.1, 0.15) is 12.0 Å². The standard InChI is InChI=1S/C14H25N5O/c1-2-3-4-14(9-20)5-7-19(8-6-14)13-11(15)12(16)17-10-18-13/h10,20H,2-9,15H2,1H3,(H2,16,17,18). The first kappa shape index (κ1) is 14.8. The van der Waals surface area contributed by atoms with Gasteiger partial charge in [0.2, 0.25) is 0 Å². The van der Waals surface area contributed by atoms with Gasteiger partial charge in [-0.05, 0) is 24.7 Å². The number of aliphatic hydroxyl groups excluding tert-OH is 1. The number of piperidine rings is 1. The zero-order valence-electron chi connectivity index (χ0n) is 12.2. The molecule has 20 heavy (non-hydrogen) atoms. The van der Waals surface area contributed by atoms with E-state index >= 15 is 0 Å². The van der Waals surface area contributed by atoms with Crippen molar-refractivity contribution >= 4 is 17.3 Å². The second-order valence-electron chi connectivity index (χ2n) is 5.74. The molecule has 5 N–H and O–H groups in total. The van der Waals surface area contributed by atoms with Gasteiger partial charge in [0.05, 0.1) is 0 Å². The van der Waals surface area contributed by atoms with Gasteiger partial charge in [0, 0.05) is 19.7 Å². The maximum absolute atomic E-state index is 9.73. The third-order valence-corrected chi connectivity index (χ3v) is 4.41. The molecule has 0 spiro atoms. The lowest BCUT2D eigenvalue weighted by atomic mass is 9.75. The van der Waals surface area contributed by atoms with Crippen LogP contribution >= 0.6 is 0 Å². The highest BCUT2D eigenvalue weighted by molar-refractivity contribution is 5.73. The van der Waals surface area contributed by atoms with E-state index in [4.69, 9.17) is 11.5 Å². The van der Waals surface area contributed by atoms with Crippen molar-refractivity contribution in [3.63, 3.8) is 0 Å². The molecule has 2 heterocycles. The van der Waals surface area contributed by atoms with Crippen molar-refractivity contribution in [1.29, 1.82) is 0 Å². The first-order valence-electron chi connectivity index (χ1n) is 7.33. The fraction of sp³-hybridized carbons (Fsp3) is 0.714. The van der Waals surface area contributed by atoms with Gasteiger partial charge in [0.25, 0.3) is 0 Å². The molecule has 112 valence electrons. The molecule has 0 atom stereocenters. The Morgan fingerprint density at radius 3 is 2.60 bits per heavy atom. The Labute approximate surface area is 120 Å². The molecule has 0 aliphatic carbocycles. The predicted octanol–water partition coefficient (Wildman–Crippen LogP) is 1.41. The summed E-state index contributed by atoms with van der Waals surface area (Å²) in [7, 11) is 0. The van der Waals surface area contributed by atoms with Crippen molar-refractivity contribution in [2.45, 2.75) is 39.0 Å². The highest BCUT2D eigenvalue weighted by atomic mass is 16.3. The summed E-state index contributed by atoms with van der Waals surface area (Å²) in [6.07, 6.45) is 6.81. The minimum atomic E-state index is 0.0693. The fourth-order valence-electron chi connectivity index (χ4n) is 2.88. The number of anilines is 3. The number of nitrogens with two attached hydrogens (primary N) is 2. The summed E-state index contributed by atoms with van der Waals surface area (Å²) >= 11 is 0. The van der Waals surface area contributed by atoms with E-state index in [1.54, 1.807) is 0 Å². The lowest BCUT2D eigenvalue weighted by molar-refractivity contribution is 0.0846. The van der Waals surface area contributed by atoms with Crippen molar-refractivity contribution in [3.05, 3.63) is 6.33 Å². The quantitative estimate of drug-likeness (QED) is 0.753. The van der Waals surface area contributed by atoms with Crippen LogP contribution in [0.2, 0.25) is 0 Å². The zero-order valence-corrected chi connectivity index (χ0v) is 12.2. The van der Waals surface area contributed by atoms with Crippen molar-refractivity contribution in [2.75, 3.05) is 36.1 Å². The van der Waals surface area contributed by atoms with Crippen LogP contribution in [0.15, 0.2) is 6.33 Å². The third-order valence-electron chi connectivity index (χ3n) is 4.41. The molecular formula is C14H25N5O. The summed E-state index contributed by atoms with van der Waals surface area (Å²) in [6.45, 7) is 4.16. The minimum Gasteiger partial charge on any atom is -0.396 e. The van der Waals surface area contributed by atoms with Crippen LogP contribution in [0.25, 0.3) is 0 Å². The summed E-state index contributed by atoms with van der Waals surface area (Å²) < 4.78 is 0. The Hall–Kier alpha value is -1.56. The predicted molar refractivity (Wildman–Crippen MR) is 81.3 cm³/mol. The number of nitrogens with zero attached hydrogens (tertiary/aromatic N) is 3. The molecule has 2 rings (SSSR count). The third kappa shape index (κ3) is 2.95. The van der Waals surface area contributed by atoms with Crippen LogP contribution in [-0.4, -0.2) is 34.8 Å². The summed E-state index contributed by atoms with van der Waals surface area (Å²) in [5, 5.41) is 9.73. The van der Waals surface area contributed by atoms with E-state index in [9.17, 15) is 5.11 Å². The summed E-state index contributed by atoms with van der Waals surface area (Å²) in [6, 6.07) is 0. The molecule has 0 unspecified atom stereocenters. The molecule has 0 radical (unpaired) electrons. The highest BCUT2D eigenvalue weighted by Gasteiger charge is 2.34. The number of nitrogen functional groups attached to an aromatic ring is 2. The molecule has 6 nitrogen and oxygen atoms in total. The lowest BCUT2D eigenvalue weighted by Gasteiger charge is -2.41. The van der Waals surface area contributed by atoms with Crippen LogP contribution in [0.4, 0.5) is 17.3 Å².